The van der Waals surface area contributed by atoms with Gasteiger partial charge in [0.25, 0.3) is 0 Å². The summed E-state index contributed by atoms with van der Waals surface area (Å²) in [6.07, 6.45) is -0.699. The molecule has 0 spiro atoms. The molecule has 1 atom stereocenters. The van der Waals surface area contributed by atoms with E-state index < -0.39 is 11.9 Å². The van der Waals surface area contributed by atoms with Gasteiger partial charge in [-0.2, -0.15) is 0 Å². The number of rotatable bonds is 3. The van der Waals surface area contributed by atoms with Crippen molar-refractivity contribution < 1.29 is 13.9 Å². The van der Waals surface area contributed by atoms with Gasteiger partial charge in [0.1, 0.15) is 17.7 Å². The van der Waals surface area contributed by atoms with E-state index in [9.17, 15) is 9.50 Å². The van der Waals surface area contributed by atoms with Gasteiger partial charge in [-0.3, -0.25) is 0 Å². The van der Waals surface area contributed by atoms with Crippen molar-refractivity contribution in [3.63, 3.8) is 0 Å². The first-order valence-electron chi connectivity index (χ1n) is 5.04. The average molecular weight is 398 g/mol. The van der Waals surface area contributed by atoms with E-state index in [0.29, 0.717) is 20.5 Å². The lowest BCUT2D eigenvalue weighted by Gasteiger charge is -2.09. The van der Waals surface area contributed by atoms with Crippen molar-refractivity contribution in [1.29, 1.82) is 0 Å². The number of aliphatic hydroxyl groups excluding tert-OH is 1. The van der Waals surface area contributed by atoms with Crippen LogP contribution in [0.25, 0.3) is 0 Å². The van der Waals surface area contributed by atoms with Crippen LogP contribution in [0.15, 0.2) is 37.8 Å². The van der Waals surface area contributed by atoms with Crippen LogP contribution in [-0.4, -0.2) is 5.11 Å². The predicted octanol–water partition coefficient (Wildman–Crippen LogP) is 4.87. The third kappa shape index (κ3) is 2.96. The van der Waals surface area contributed by atoms with Gasteiger partial charge in [-0.25, -0.2) is 4.39 Å². The lowest BCUT2D eigenvalue weighted by molar-refractivity contribution is 0.148. The zero-order valence-corrected chi connectivity index (χ0v) is 12.9. The highest BCUT2D eigenvalue weighted by Gasteiger charge is 2.17. The summed E-state index contributed by atoms with van der Waals surface area (Å²) >= 11 is 12.3. The van der Waals surface area contributed by atoms with Crippen LogP contribution in [-0.2, 0) is 6.42 Å². The molecule has 2 rings (SSSR count). The molecule has 0 amide bonds. The Morgan fingerprint density at radius 1 is 1.39 bits per heavy atom. The second kappa shape index (κ2) is 5.74. The van der Waals surface area contributed by atoms with Crippen LogP contribution >= 0.6 is 43.5 Å². The van der Waals surface area contributed by atoms with Crippen LogP contribution in [0, 0.1) is 5.82 Å². The summed E-state index contributed by atoms with van der Waals surface area (Å²) in [5, 5.41) is 10.0. The molecule has 1 aromatic heterocycles. The molecule has 1 unspecified atom stereocenters. The minimum Gasteiger partial charge on any atom is -0.450 e. The molecule has 0 aliphatic heterocycles. The van der Waals surface area contributed by atoms with E-state index in [4.69, 9.17) is 16.0 Å². The minimum atomic E-state index is -0.883. The number of halogens is 4. The van der Waals surface area contributed by atoms with Gasteiger partial charge in [-0.15, -0.1) is 0 Å². The molecule has 96 valence electrons. The lowest BCUT2D eigenvalue weighted by Crippen LogP contribution is -2.01. The maximum absolute atomic E-state index is 13.2. The van der Waals surface area contributed by atoms with Crippen molar-refractivity contribution in [1.82, 2.24) is 0 Å². The standard InChI is InChI=1S/C12H8Br2ClFO2/c13-7-5-10(18-12(7)14)9(17)4-6-2-1-3-8(16)11(6)15/h1-3,5,9,17H,4H2. The van der Waals surface area contributed by atoms with E-state index in [2.05, 4.69) is 31.9 Å². The molecule has 0 aliphatic carbocycles. The van der Waals surface area contributed by atoms with E-state index >= 15 is 0 Å². The fourth-order valence-electron chi connectivity index (χ4n) is 1.54. The minimum absolute atomic E-state index is 0.0289. The molecule has 6 heteroatoms. The molecule has 2 nitrogen and oxygen atoms in total. The van der Waals surface area contributed by atoms with Crippen molar-refractivity contribution in [2.75, 3.05) is 0 Å². The Morgan fingerprint density at radius 3 is 2.72 bits per heavy atom. The molecule has 1 aromatic carbocycles. The quantitative estimate of drug-likeness (QED) is 0.800. The zero-order valence-electron chi connectivity index (χ0n) is 8.96. The van der Waals surface area contributed by atoms with Crippen molar-refractivity contribution in [3.05, 3.63) is 55.6 Å². The summed E-state index contributed by atoms with van der Waals surface area (Å²) in [6.45, 7) is 0. The molecular formula is C12H8Br2ClFO2. The van der Waals surface area contributed by atoms with Crippen LogP contribution in [0.5, 0.6) is 0 Å². The maximum atomic E-state index is 13.2. The fourth-order valence-corrected chi connectivity index (χ4v) is 2.35. The number of aliphatic hydroxyl groups is 1. The van der Waals surface area contributed by atoms with Crippen LogP contribution < -0.4 is 0 Å². The first-order valence-corrected chi connectivity index (χ1v) is 7.01. The Hall–Kier alpha value is -0.360. The molecule has 2 aromatic rings. The predicted molar refractivity (Wildman–Crippen MR) is 74.2 cm³/mol. The van der Waals surface area contributed by atoms with Crippen LogP contribution in [0.2, 0.25) is 5.02 Å². The van der Waals surface area contributed by atoms with E-state index in [1.807, 2.05) is 0 Å². The number of hydrogen-bond donors (Lipinski definition) is 1. The molecule has 0 radical (unpaired) electrons. The largest absolute Gasteiger partial charge is 0.450 e. The van der Waals surface area contributed by atoms with Crippen molar-refractivity contribution in [2.24, 2.45) is 0 Å². The van der Waals surface area contributed by atoms with Crippen LogP contribution in [0.3, 0.4) is 0 Å². The molecule has 0 bridgehead atoms. The van der Waals surface area contributed by atoms with Crippen molar-refractivity contribution >= 4 is 43.5 Å². The Morgan fingerprint density at radius 2 is 2.11 bits per heavy atom. The third-order valence-corrected chi connectivity index (χ3v) is 4.57. The Balaban J connectivity index is 2.21. The third-order valence-electron chi connectivity index (χ3n) is 2.44. The molecule has 0 saturated carbocycles. The lowest BCUT2D eigenvalue weighted by atomic mass is 10.1. The highest BCUT2D eigenvalue weighted by molar-refractivity contribution is 9.13. The highest BCUT2D eigenvalue weighted by Crippen LogP contribution is 2.32. The van der Waals surface area contributed by atoms with Gasteiger partial charge in [0.05, 0.1) is 9.50 Å². The summed E-state index contributed by atoms with van der Waals surface area (Å²) in [5.41, 5.74) is 0.535. The molecule has 0 aliphatic rings. The Kier molecular flexibility index (Phi) is 4.48. The summed E-state index contributed by atoms with van der Waals surface area (Å²) in [7, 11) is 0. The maximum Gasteiger partial charge on any atom is 0.183 e. The second-order valence-electron chi connectivity index (χ2n) is 3.70. The van der Waals surface area contributed by atoms with Crippen molar-refractivity contribution in [2.45, 2.75) is 12.5 Å². The van der Waals surface area contributed by atoms with Gasteiger partial charge in [0, 0.05) is 6.42 Å². The smallest absolute Gasteiger partial charge is 0.183 e. The molecule has 0 fully saturated rings. The molecule has 18 heavy (non-hydrogen) atoms. The first kappa shape index (κ1) is 14.1. The highest BCUT2D eigenvalue weighted by atomic mass is 79.9. The molecular weight excluding hydrogens is 390 g/mol. The number of hydrogen-bond acceptors (Lipinski definition) is 2. The topological polar surface area (TPSA) is 33.4 Å². The van der Waals surface area contributed by atoms with Gasteiger partial charge < -0.3 is 9.52 Å². The van der Waals surface area contributed by atoms with E-state index in [-0.39, 0.29) is 11.4 Å². The van der Waals surface area contributed by atoms with Gasteiger partial charge in [-0.1, -0.05) is 23.7 Å². The Labute approximate surface area is 125 Å². The fraction of sp³-hybridized carbons (Fsp3) is 0.167. The zero-order chi connectivity index (χ0) is 13.3. The van der Waals surface area contributed by atoms with Crippen LogP contribution in [0.1, 0.15) is 17.4 Å². The summed E-state index contributed by atoms with van der Waals surface area (Å²) in [5.74, 6) is -0.114. The molecule has 1 N–H and O–H groups in total. The van der Waals surface area contributed by atoms with Gasteiger partial charge in [0.15, 0.2) is 4.67 Å². The second-order valence-corrected chi connectivity index (χ2v) is 5.66. The average Bonchev–Trinajstić information content (AvgIpc) is 2.66. The molecule has 1 heterocycles. The number of benzene rings is 1. The SMILES string of the molecule is OC(Cc1cccc(F)c1Cl)c1cc(Br)c(Br)o1. The summed E-state index contributed by atoms with van der Waals surface area (Å²) in [6, 6.07) is 6.15. The Bertz CT molecular complexity index is 552. The van der Waals surface area contributed by atoms with Crippen LogP contribution in [0.4, 0.5) is 4.39 Å². The summed E-state index contributed by atoms with van der Waals surface area (Å²) < 4.78 is 19.8. The van der Waals surface area contributed by atoms with Gasteiger partial charge >= 0.3 is 0 Å². The van der Waals surface area contributed by atoms with Gasteiger partial charge in [-0.05, 0) is 49.6 Å². The van der Waals surface area contributed by atoms with E-state index in [1.54, 1.807) is 18.2 Å². The van der Waals surface area contributed by atoms with E-state index in [0.717, 1.165) is 0 Å². The monoisotopic (exact) mass is 396 g/mol. The first-order chi connectivity index (χ1) is 8.49. The number of furan rings is 1. The van der Waals surface area contributed by atoms with Gasteiger partial charge in [0.2, 0.25) is 0 Å². The van der Waals surface area contributed by atoms with E-state index in [1.165, 1.54) is 6.07 Å². The summed E-state index contributed by atoms with van der Waals surface area (Å²) in [4.78, 5) is 0. The van der Waals surface area contributed by atoms with Crippen molar-refractivity contribution in [3.8, 4) is 0 Å². The normalized spacial score (nSPS) is 12.7. The molecule has 0 saturated heterocycles.